The molecule has 1 amide bonds. The maximum Gasteiger partial charge on any atom is 0.268 e. The summed E-state index contributed by atoms with van der Waals surface area (Å²) < 4.78 is 2.75. The van der Waals surface area contributed by atoms with E-state index in [-0.39, 0.29) is 11.4 Å². The Morgan fingerprint density at radius 3 is 2.62 bits per heavy atom. The van der Waals surface area contributed by atoms with Crippen molar-refractivity contribution >= 4 is 21.8 Å². The summed E-state index contributed by atoms with van der Waals surface area (Å²) in [6, 6.07) is 1.83. The summed E-state index contributed by atoms with van der Waals surface area (Å²) in [5, 5.41) is 3.05. The van der Waals surface area contributed by atoms with Gasteiger partial charge in [-0.05, 0) is 42.3 Å². The number of halogens is 1. The van der Waals surface area contributed by atoms with Gasteiger partial charge in [0.25, 0.3) is 5.91 Å². The molecule has 0 aliphatic rings. The Labute approximate surface area is 105 Å². The molecule has 0 radical (unpaired) electrons. The van der Waals surface area contributed by atoms with Crippen molar-refractivity contribution in [1.82, 2.24) is 9.88 Å². The fourth-order valence-corrected chi connectivity index (χ4v) is 2.33. The maximum atomic E-state index is 12.0. The second-order valence-corrected chi connectivity index (χ2v) is 5.66. The monoisotopic (exact) mass is 286 g/mol. The molecule has 0 bridgehead atoms. The second-order valence-electron chi connectivity index (χ2n) is 4.74. The van der Waals surface area contributed by atoms with Crippen LogP contribution < -0.4 is 5.32 Å². The average molecular weight is 287 g/mol. The van der Waals surface area contributed by atoms with Crippen molar-refractivity contribution in [3.8, 4) is 0 Å². The summed E-state index contributed by atoms with van der Waals surface area (Å²) in [4.78, 5) is 12.0. The molecule has 4 heteroatoms. The van der Waals surface area contributed by atoms with Crippen LogP contribution in [0.15, 0.2) is 16.7 Å². The lowest BCUT2D eigenvalue weighted by Crippen LogP contribution is -2.43. The molecule has 0 aliphatic carbocycles. The number of nitrogens with zero attached hydrogens (tertiary/aromatic N) is 1. The fourth-order valence-electron chi connectivity index (χ4n) is 1.81. The molecule has 1 aromatic heterocycles. The number of hydrogen-bond donors (Lipinski definition) is 1. The van der Waals surface area contributed by atoms with Crippen LogP contribution in [0.2, 0.25) is 0 Å². The zero-order valence-electron chi connectivity index (χ0n) is 10.3. The lowest BCUT2D eigenvalue weighted by atomic mass is 9.99. The number of nitrogens with one attached hydrogen (secondary N) is 1. The Balaban J connectivity index is 2.76. The minimum Gasteiger partial charge on any atom is -0.346 e. The van der Waals surface area contributed by atoms with Crippen LogP contribution in [-0.4, -0.2) is 16.0 Å². The Morgan fingerprint density at radius 1 is 1.56 bits per heavy atom. The summed E-state index contributed by atoms with van der Waals surface area (Å²) in [5.41, 5.74) is 0.527. The Hall–Kier alpha value is -0.770. The second kappa shape index (κ2) is 5.04. The topological polar surface area (TPSA) is 34.0 Å². The van der Waals surface area contributed by atoms with Crippen LogP contribution in [0.4, 0.5) is 0 Å². The highest BCUT2D eigenvalue weighted by molar-refractivity contribution is 9.10. The third-order valence-corrected chi connectivity index (χ3v) is 2.96. The molecule has 90 valence electrons. The van der Waals surface area contributed by atoms with Gasteiger partial charge in [0.15, 0.2) is 0 Å². The number of rotatable bonds is 4. The van der Waals surface area contributed by atoms with Crippen molar-refractivity contribution in [2.75, 3.05) is 0 Å². The first-order valence-corrected chi connectivity index (χ1v) is 6.29. The van der Waals surface area contributed by atoms with Crippen molar-refractivity contribution in [3.63, 3.8) is 0 Å². The van der Waals surface area contributed by atoms with Crippen molar-refractivity contribution < 1.29 is 4.79 Å². The smallest absolute Gasteiger partial charge is 0.268 e. The van der Waals surface area contributed by atoms with Gasteiger partial charge in [0.1, 0.15) is 5.69 Å². The molecule has 1 aromatic rings. The molecule has 0 unspecified atom stereocenters. The standard InChI is InChI=1S/C12H19BrN2O/c1-5-6-12(2,3)14-11(16)10-7-9(13)8-15(10)4/h7-8H,5-6H2,1-4H3,(H,14,16). The minimum atomic E-state index is -0.150. The summed E-state index contributed by atoms with van der Waals surface area (Å²) in [6.07, 6.45) is 3.91. The number of aryl methyl sites for hydroxylation is 1. The predicted molar refractivity (Wildman–Crippen MR) is 69.6 cm³/mol. The first-order valence-electron chi connectivity index (χ1n) is 5.50. The van der Waals surface area contributed by atoms with E-state index in [1.165, 1.54) is 0 Å². The largest absolute Gasteiger partial charge is 0.346 e. The van der Waals surface area contributed by atoms with Gasteiger partial charge in [-0.3, -0.25) is 4.79 Å². The van der Waals surface area contributed by atoms with Gasteiger partial charge in [-0.25, -0.2) is 0 Å². The van der Waals surface area contributed by atoms with Crippen molar-refractivity contribution in [3.05, 3.63) is 22.4 Å². The van der Waals surface area contributed by atoms with Crippen molar-refractivity contribution in [2.45, 2.75) is 39.2 Å². The van der Waals surface area contributed by atoms with Gasteiger partial charge in [0.05, 0.1) is 0 Å². The lowest BCUT2D eigenvalue weighted by Gasteiger charge is -2.25. The molecule has 1 rings (SSSR count). The Kier molecular flexibility index (Phi) is 4.19. The average Bonchev–Trinajstić information content (AvgIpc) is 2.44. The molecular weight excluding hydrogens is 268 g/mol. The summed E-state index contributed by atoms with van der Waals surface area (Å²) in [7, 11) is 1.87. The van der Waals surface area contributed by atoms with Crippen LogP contribution in [0.3, 0.4) is 0 Å². The summed E-state index contributed by atoms with van der Waals surface area (Å²) >= 11 is 3.36. The third-order valence-electron chi connectivity index (χ3n) is 2.53. The molecule has 0 saturated heterocycles. The SMILES string of the molecule is CCCC(C)(C)NC(=O)c1cc(Br)cn1C. The van der Waals surface area contributed by atoms with E-state index in [1.54, 1.807) is 0 Å². The lowest BCUT2D eigenvalue weighted by molar-refractivity contribution is 0.0900. The van der Waals surface area contributed by atoms with Crippen LogP contribution in [0.25, 0.3) is 0 Å². The molecule has 1 heterocycles. The molecule has 1 N–H and O–H groups in total. The zero-order valence-corrected chi connectivity index (χ0v) is 11.9. The minimum absolute atomic E-state index is 0.0216. The summed E-state index contributed by atoms with van der Waals surface area (Å²) in [6.45, 7) is 6.21. The first-order chi connectivity index (χ1) is 7.35. The van der Waals surface area contributed by atoms with E-state index < -0.39 is 0 Å². The van der Waals surface area contributed by atoms with E-state index in [0.717, 1.165) is 17.3 Å². The third kappa shape index (κ3) is 3.37. The maximum absolute atomic E-state index is 12.0. The molecule has 0 spiro atoms. The van der Waals surface area contributed by atoms with E-state index in [4.69, 9.17) is 0 Å². The normalized spacial score (nSPS) is 11.6. The van der Waals surface area contributed by atoms with Crippen LogP contribution in [0.1, 0.15) is 44.1 Å². The molecule has 3 nitrogen and oxygen atoms in total. The Morgan fingerprint density at radius 2 is 2.19 bits per heavy atom. The Bertz CT molecular complexity index is 382. The molecule has 0 aromatic carbocycles. The highest BCUT2D eigenvalue weighted by Crippen LogP contribution is 2.16. The van der Waals surface area contributed by atoms with E-state index in [2.05, 4.69) is 28.2 Å². The van der Waals surface area contributed by atoms with Crippen LogP contribution >= 0.6 is 15.9 Å². The highest BCUT2D eigenvalue weighted by atomic mass is 79.9. The van der Waals surface area contributed by atoms with Gasteiger partial charge in [-0.1, -0.05) is 13.3 Å². The molecule has 16 heavy (non-hydrogen) atoms. The predicted octanol–water partition coefficient (Wildman–Crippen LogP) is 3.10. The molecular formula is C12H19BrN2O. The van der Waals surface area contributed by atoms with Gasteiger partial charge in [-0.15, -0.1) is 0 Å². The number of amides is 1. The van der Waals surface area contributed by atoms with E-state index >= 15 is 0 Å². The molecule has 0 saturated carbocycles. The van der Waals surface area contributed by atoms with E-state index in [0.29, 0.717) is 5.69 Å². The van der Waals surface area contributed by atoms with E-state index in [1.807, 2.05) is 37.7 Å². The number of carbonyl (C=O) groups excluding carboxylic acids is 1. The van der Waals surface area contributed by atoms with Gasteiger partial charge in [0.2, 0.25) is 0 Å². The quantitative estimate of drug-likeness (QED) is 0.907. The number of carbonyl (C=O) groups is 1. The van der Waals surface area contributed by atoms with Gasteiger partial charge in [0, 0.05) is 23.3 Å². The number of aromatic nitrogens is 1. The van der Waals surface area contributed by atoms with Crippen LogP contribution in [0, 0.1) is 0 Å². The molecule has 0 atom stereocenters. The van der Waals surface area contributed by atoms with Gasteiger partial charge >= 0.3 is 0 Å². The van der Waals surface area contributed by atoms with Crippen molar-refractivity contribution in [1.29, 1.82) is 0 Å². The van der Waals surface area contributed by atoms with Crippen molar-refractivity contribution in [2.24, 2.45) is 7.05 Å². The fraction of sp³-hybridized carbons (Fsp3) is 0.583. The first kappa shape index (κ1) is 13.3. The zero-order chi connectivity index (χ0) is 12.3. The van der Waals surface area contributed by atoms with Crippen LogP contribution in [0.5, 0.6) is 0 Å². The molecule has 0 aliphatic heterocycles. The van der Waals surface area contributed by atoms with E-state index in [9.17, 15) is 4.79 Å². The van der Waals surface area contributed by atoms with Gasteiger partial charge < -0.3 is 9.88 Å². The molecule has 0 fully saturated rings. The summed E-state index contributed by atoms with van der Waals surface area (Å²) in [5.74, 6) is -0.0216. The number of hydrogen-bond acceptors (Lipinski definition) is 1. The van der Waals surface area contributed by atoms with Crippen LogP contribution in [-0.2, 0) is 7.05 Å². The van der Waals surface area contributed by atoms with Gasteiger partial charge in [-0.2, -0.15) is 0 Å². The highest BCUT2D eigenvalue weighted by Gasteiger charge is 2.21.